The number of hydrogen-bond donors (Lipinski definition) is 1. The van der Waals surface area contributed by atoms with E-state index in [9.17, 15) is 0 Å². The van der Waals surface area contributed by atoms with Gasteiger partial charge in [-0.2, -0.15) is 0 Å². The highest BCUT2D eigenvalue weighted by Gasteiger charge is 1.99. The Morgan fingerprint density at radius 3 is 3.00 bits per heavy atom. The number of aromatic amines is 1. The zero-order chi connectivity index (χ0) is 9.10. The first-order valence-corrected chi connectivity index (χ1v) is 4.65. The van der Waals surface area contributed by atoms with Crippen molar-refractivity contribution in [2.45, 2.75) is 6.42 Å². The van der Waals surface area contributed by atoms with E-state index in [1.54, 1.807) is 5.54 Å². The number of fused-ring (bicyclic) bond motifs is 1. The molecule has 2 aromatic rings. The smallest absolute Gasteiger partial charge is 0.0456 e. The monoisotopic (exact) mass is 191 g/mol. The predicted octanol–water partition coefficient (Wildman–Crippen LogP) is 3.46. The maximum atomic E-state index is 5.48. The van der Waals surface area contributed by atoms with Crippen LogP contribution in [0.3, 0.4) is 0 Å². The number of para-hydroxylation sites is 1. The molecule has 1 aromatic carbocycles. The van der Waals surface area contributed by atoms with Gasteiger partial charge in [0.15, 0.2) is 0 Å². The molecule has 1 aromatic heterocycles. The van der Waals surface area contributed by atoms with Crippen LogP contribution in [0.2, 0.25) is 0 Å². The van der Waals surface area contributed by atoms with Gasteiger partial charge >= 0.3 is 0 Å². The van der Waals surface area contributed by atoms with Gasteiger partial charge in [-0.1, -0.05) is 35.9 Å². The first kappa shape index (κ1) is 8.39. The molecular weight excluding hydrogens is 182 g/mol. The zero-order valence-corrected chi connectivity index (χ0v) is 7.88. The highest BCUT2D eigenvalue weighted by molar-refractivity contribution is 6.25. The van der Waals surface area contributed by atoms with Crippen LogP contribution in [0.1, 0.15) is 5.56 Å². The largest absolute Gasteiger partial charge is 0.361 e. The first-order valence-electron chi connectivity index (χ1n) is 4.22. The van der Waals surface area contributed by atoms with Crippen molar-refractivity contribution in [3.05, 3.63) is 47.6 Å². The summed E-state index contributed by atoms with van der Waals surface area (Å²) < 4.78 is 0. The normalized spacial score (nSPS) is 11.5. The summed E-state index contributed by atoms with van der Waals surface area (Å²) in [6, 6.07) is 8.26. The molecule has 0 bridgehead atoms. The van der Waals surface area contributed by atoms with E-state index in [4.69, 9.17) is 11.6 Å². The molecule has 13 heavy (non-hydrogen) atoms. The molecule has 0 unspecified atom stereocenters. The molecule has 1 heterocycles. The van der Waals surface area contributed by atoms with Gasteiger partial charge in [0, 0.05) is 22.6 Å². The second-order valence-corrected chi connectivity index (χ2v) is 3.18. The van der Waals surface area contributed by atoms with Crippen molar-refractivity contribution in [2.75, 3.05) is 0 Å². The van der Waals surface area contributed by atoms with Crippen LogP contribution in [-0.4, -0.2) is 4.98 Å². The highest BCUT2D eigenvalue weighted by Crippen LogP contribution is 2.18. The van der Waals surface area contributed by atoms with Crippen molar-refractivity contribution in [1.82, 2.24) is 4.98 Å². The van der Waals surface area contributed by atoms with E-state index in [1.807, 2.05) is 24.4 Å². The molecule has 2 heteroatoms. The Morgan fingerprint density at radius 1 is 1.31 bits per heavy atom. The van der Waals surface area contributed by atoms with Gasteiger partial charge in [-0.3, -0.25) is 0 Å². The Balaban J connectivity index is 2.45. The van der Waals surface area contributed by atoms with Crippen LogP contribution in [0.5, 0.6) is 0 Å². The molecule has 0 spiro atoms. The van der Waals surface area contributed by atoms with Crippen LogP contribution in [0.15, 0.2) is 42.1 Å². The van der Waals surface area contributed by atoms with Gasteiger partial charge < -0.3 is 4.98 Å². The van der Waals surface area contributed by atoms with E-state index in [0.29, 0.717) is 0 Å². The van der Waals surface area contributed by atoms with E-state index >= 15 is 0 Å². The summed E-state index contributed by atoms with van der Waals surface area (Å²) in [5.41, 5.74) is 4.02. The maximum Gasteiger partial charge on any atom is 0.0456 e. The average Bonchev–Trinajstić information content (AvgIpc) is 2.58. The molecule has 0 fully saturated rings. The van der Waals surface area contributed by atoms with Crippen molar-refractivity contribution in [2.24, 2.45) is 0 Å². The molecule has 1 N–H and O–H groups in total. The molecule has 0 aliphatic heterocycles. The van der Waals surface area contributed by atoms with Crippen LogP contribution < -0.4 is 0 Å². The van der Waals surface area contributed by atoms with Gasteiger partial charge in [0.25, 0.3) is 0 Å². The molecule has 0 aliphatic rings. The summed E-state index contributed by atoms with van der Waals surface area (Å²) in [7, 11) is 0. The third-order valence-electron chi connectivity index (χ3n) is 2.10. The van der Waals surface area contributed by atoms with Crippen molar-refractivity contribution < 1.29 is 0 Å². The van der Waals surface area contributed by atoms with Crippen LogP contribution in [0.4, 0.5) is 0 Å². The lowest BCUT2D eigenvalue weighted by Crippen LogP contribution is -1.75. The Hall–Kier alpha value is -1.21. The predicted molar refractivity (Wildman–Crippen MR) is 57.0 cm³/mol. The Kier molecular flexibility index (Phi) is 2.37. The number of rotatable bonds is 2. The summed E-state index contributed by atoms with van der Waals surface area (Å²) in [4.78, 5) is 3.22. The fourth-order valence-electron chi connectivity index (χ4n) is 1.47. The van der Waals surface area contributed by atoms with Gasteiger partial charge in [-0.15, -0.1) is 0 Å². The van der Waals surface area contributed by atoms with Crippen molar-refractivity contribution in [3.8, 4) is 0 Å². The Morgan fingerprint density at radius 2 is 2.15 bits per heavy atom. The number of aromatic nitrogens is 1. The van der Waals surface area contributed by atoms with Crippen molar-refractivity contribution in [1.29, 1.82) is 0 Å². The molecule has 66 valence electrons. The summed E-state index contributed by atoms with van der Waals surface area (Å²) in [5.74, 6) is 0. The molecule has 0 saturated carbocycles. The van der Waals surface area contributed by atoms with Gasteiger partial charge in [-0.25, -0.2) is 0 Å². The molecule has 2 rings (SSSR count). The maximum absolute atomic E-state index is 5.48. The highest BCUT2D eigenvalue weighted by atomic mass is 35.5. The number of H-pyrrole nitrogens is 1. The quantitative estimate of drug-likeness (QED) is 0.749. The summed E-state index contributed by atoms with van der Waals surface area (Å²) >= 11 is 5.48. The van der Waals surface area contributed by atoms with E-state index in [2.05, 4.69) is 17.1 Å². The second-order valence-electron chi connectivity index (χ2n) is 2.93. The SMILES string of the molecule is Cl/C=C\Cc1c[nH]c2ccccc12. The minimum atomic E-state index is 0.882. The minimum absolute atomic E-state index is 0.882. The first-order chi connectivity index (χ1) is 6.42. The van der Waals surface area contributed by atoms with E-state index < -0.39 is 0 Å². The van der Waals surface area contributed by atoms with Crippen LogP contribution in [0.25, 0.3) is 10.9 Å². The fourth-order valence-corrected chi connectivity index (χ4v) is 1.56. The fraction of sp³-hybridized carbons (Fsp3) is 0.0909. The molecule has 1 nitrogen and oxygen atoms in total. The van der Waals surface area contributed by atoms with Crippen LogP contribution >= 0.6 is 11.6 Å². The number of allylic oxidation sites excluding steroid dienone is 1. The Labute approximate surface area is 82.0 Å². The van der Waals surface area contributed by atoms with Crippen molar-refractivity contribution >= 4 is 22.5 Å². The third kappa shape index (κ3) is 1.61. The van der Waals surface area contributed by atoms with Crippen LogP contribution in [0, 0.1) is 0 Å². The van der Waals surface area contributed by atoms with E-state index in [-0.39, 0.29) is 0 Å². The average molecular weight is 192 g/mol. The van der Waals surface area contributed by atoms with Crippen molar-refractivity contribution in [3.63, 3.8) is 0 Å². The third-order valence-corrected chi connectivity index (χ3v) is 2.28. The van der Waals surface area contributed by atoms with Gasteiger partial charge in [0.05, 0.1) is 0 Å². The second kappa shape index (κ2) is 3.67. The summed E-state index contributed by atoms with van der Waals surface area (Å²) in [5, 5.41) is 1.28. The molecule has 0 saturated heterocycles. The Bertz CT molecular complexity index is 428. The lowest BCUT2D eigenvalue weighted by Gasteiger charge is -1.92. The summed E-state index contributed by atoms with van der Waals surface area (Å²) in [6.45, 7) is 0. The van der Waals surface area contributed by atoms with Crippen LogP contribution in [-0.2, 0) is 6.42 Å². The lowest BCUT2D eigenvalue weighted by atomic mass is 10.1. The molecule has 0 atom stereocenters. The summed E-state index contributed by atoms with van der Waals surface area (Å²) in [6.07, 6.45) is 4.85. The number of halogens is 1. The molecular formula is C11H10ClN. The topological polar surface area (TPSA) is 15.8 Å². The molecule has 0 radical (unpaired) electrons. The lowest BCUT2D eigenvalue weighted by molar-refractivity contribution is 1.29. The van der Waals surface area contributed by atoms with Gasteiger partial charge in [0.1, 0.15) is 0 Å². The number of benzene rings is 1. The van der Waals surface area contributed by atoms with Gasteiger partial charge in [-0.05, 0) is 18.1 Å². The minimum Gasteiger partial charge on any atom is -0.361 e. The van der Waals surface area contributed by atoms with Gasteiger partial charge in [0.2, 0.25) is 0 Å². The van der Waals surface area contributed by atoms with E-state index in [1.165, 1.54) is 16.5 Å². The molecule has 0 aliphatic carbocycles. The number of hydrogen-bond acceptors (Lipinski definition) is 0. The standard InChI is InChI=1S/C11H10ClN/c12-7-3-4-9-8-13-11-6-2-1-5-10(9)11/h1-3,5-8,13H,4H2/b7-3-. The number of nitrogens with one attached hydrogen (secondary N) is 1. The zero-order valence-electron chi connectivity index (χ0n) is 7.13. The molecule has 0 amide bonds. The van der Waals surface area contributed by atoms with E-state index in [0.717, 1.165) is 6.42 Å².